The van der Waals surface area contributed by atoms with Gasteiger partial charge in [-0.1, -0.05) is 35.4 Å². The van der Waals surface area contributed by atoms with Gasteiger partial charge in [-0.3, -0.25) is 9.59 Å². The van der Waals surface area contributed by atoms with E-state index in [4.69, 9.17) is 11.6 Å². The fourth-order valence-electron chi connectivity index (χ4n) is 3.47. The van der Waals surface area contributed by atoms with Crippen LogP contribution in [0.4, 0.5) is 5.69 Å². The first kappa shape index (κ1) is 23.2. The van der Waals surface area contributed by atoms with Crippen molar-refractivity contribution in [3.05, 3.63) is 58.6 Å². The topological polar surface area (TPSA) is 95.6 Å². The van der Waals surface area contributed by atoms with Crippen LogP contribution in [0.15, 0.2) is 47.4 Å². The van der Waals surface area contributed by atoms with Gasteiger partial charge < -0.3 is 10.6 Å². The fraction of sp³-hybridized carbons (Fsp3) is 0.364. The molecule has 1 fully saturated rings. The molecule has 1 aliphatic rings. The number of carbonyl (C=O) groups excluding carboxylic acids is 2. The number of carbonyl (C=O) groups is 2. The monoisotopic (exact) mass is 463 g/mol. The minimum absolute atomic E-state index is 0.160. The van der Waals surface area contributed by atoms with E-state index in [1.165, 1.54) is 4.31 Å². The van der Waals surface area contributed by atoms with Crippen LogP contribution in [0.1, 0.15) is 24.0 Å². The maximum absolute atomic E-state index is 12.8. The van der Waals surface area contributed by atoms with E-state index in [0.717, 1.165) is 11.1 Å². The van der Waals surface area contributed by atoms with Crippen molar-refractivity contribution in [2.75, 3.05) is 25.0 Å². The molecule has 2 N–H and O–H groups in total. The molecule has 1 saturated heterocycles. The van der Waals surface area contributed by atoms with Gasteiger partial charge in [-0.25, -0.2) is 8.42 Å². The lowest BCUT2D eigenvalue weighted by Crippen LogP contribution is -2.44. The Kier molecular flexibility index (Phi) is 7.35. The molecule has 3 rings (SSSR count). The molecule has 1 heterocycles. The summed E-state index contributed by atoms with van der Waals surface area (Å²) in [7, 11) is -3.57. The van der Waals surface area contributed by atoms with Gasteiger partial charge >= 0.3 is 0 Å². The van der Waals surface area contributed by atoms with Crippen molar-refractivity contribution in [1.82, 2.24) is 9.62 Å². The summed E-state index contributed by atoms with van der Waals surface area (Å²) in [6, 6.07) is 12.0. The van der Waals surface area contributed by atoms with E-state index in [1.54, 1.807) is 49.4 Å². The molecule has 2 aromatic rings. The number of amides is 2. The highest BCUT2D eigenvalue weighted by Gasteiger charge is 2.32. The summed E-state index contributed by atoms with van der Waals surface area (Å²) in [4.78, 5) is 24.9. The van der Waals surface area contributed by atoms with E-state index in [9.17, 15) is 18.0 Å². The maximum atomic E-state index is 12.8. The molecule has 7 nitrogen and oxygen atoms in total. The SMILES string of the molecule is Cc1ccc(S(=O)(=O)N2CCC(C(=O)NCC(=O)Nc3cccc(Cl)c3C)CC2)cc1. The minimum atomic E-state index is -3.57. The van der Waals surface area contributed by atoms with Crippen LogP contribution in [0.5, 0.6) is 0 Å². The Balaban J connectivity index is 1.49. The first-order valence-electron chi connectivity index (χ1n) is 10.1. The number of anilines is 1. The third-order valence-electron chi connectivity index (χ3n) is 5.45. The van der Waals surface area contributed by atoms with Crippen LogP contribution >= 0.6 is 11.6 Å². The maximum Gasteiger partial charge on any atom is 0.243 e. The first-order chi connectivity index (χ1) is 14.7. The van der Waals surface area contributed by atoms with Gasteiger partial charge in [0.05, 0.1) is 11.4 Å². The molecule has 2 aromatic carbocycles. The molecule has 0 atom stereocenters. The molecule has 0 aromatic heterocycles. The summed E-state index contributed by atoms with van der Waals surface area (Å²) >= 11 is 6.05. The standard InChI is InChI=1S/C22H26ClN3O4S/c1-15-6-8-18(9-7-15)31(29,30)26-12-10-17(11-13-26)22(28)24-14-21(27)25-20-5-3-4-19(23)16(20)2/h3-9,17H,10-14H2,1-2H3,(H,24,28)(H,25,27). The van der Waals surface area contributed by atoms with E-state index in [1.807, 2.05) is 6.92 Å². The van der Waals surface area contributed by atoms with Crippen LogP contribution in [-0.2, 0) is 19.6 Å². The van der Waals surface area contributed by atoms with Gasteiger partial charge in [0.2, 0.25) is 21.8 Å². The number of nitrogens with one attached hydrogen (secondary N) is 2. The van der Waals surface area contributed by atoms with Gasteiger partial charge in [-0.05, 0) is 56.5 Å². The molecule has 31 heavy (non-hydrogen) atoms. The zero-order valence-electron chi connectivity index (χ0n) is 17.5. The van der Waals surface area contributed by atoms with Crippen molar-refractivity contribution in [2.45, 2.75) is 31.6 Å². The summed E-state index contributed by atoms with van der Waals surface area (Å²) in [6.45, 7) is 4.07. The van der Waals surface area contributed by atoms with Crippen LogP contribution in [0.2, 0.25) is 5.02 Å². The van der Waals surface area contributed by atoms with E-state index in [0.29, 0.717) is 23.6 Å². The van der Waals surface area contributed by atoms with Crippen molar-refractivity contribution in [2.24, 2.45) is 5.92 Å². The Hall–Kier alpha value is -2.42. The van der Waals surface area contributed by atoms with E-state index < -0.39 is 10.0 Å². The largest absolute Gasteiger partial charge is 0.347 e. The minimum Gasteiger partial charge on any atom is -0.347 e. The molecule has 0 saturated carbocycles. The number of benzene rings is 2. The lowest BCUT2D eigenvalue weighted by Gasteiger charge is -2.30. The van der Waals surface area contributed by atoms with E-state index in [-0.39, 0.29) is 42.3 Å². The molecule has 0 unspecified atom stereocenters. The molecule has 0 radical (unpaired) electrons. The summed E-state index contributed by atoms with van der Waals surface area (Å²) < 4.78 is 27.0. The zero-order chi connectivity index (χ0) is 22.6. The fourth-order valence-corrected chi connectivity index (χ4v) is 5.11. The predicted octanol–water partition coefficient (Wildman–Crippen LogP) is 3.11. The third-order valence-corrected chi connectivity index (χ3v) is 7.77. The lowest BCUT2D eigenvalue weighted by molar-refractivity contribution is -0.128. The number of piperidine rings is 1. The molecule has 9 heteroatoms. The number of hydrogen-bond donors (Lipinski definition) is 2. The van der Waals surface area contributed by atoms with Crippen LogP contribution in [0.3, 0.4) is 0 Å². The highest BCUT2D eigenvalue weighted by molar-refractivity contribution is 7.89. The Morgan fingerprint density at radius 1 is 1.06 bits per heavy atom. The van der Waals surface area contributed by atoms with Gasteiger partial charge in [-0.2, -0.15) is 4.31 Å². The van der Waals surface area contributed by atoms with Crippen LogP contribution in [-0.4, -0.2) is 44.2 Å². The molecule has 166 valence electrons. The van der Waals surface area contributed by atoms with Crippen LogP contribution in [0, 0.1) is 19.8 Å². The average molecular weight is 464 g/mol. The molecule has 0 bridgehead atoms. The molecule has 2 amide bonds. The number of rotatable bonds is 6. The zero-order valence-corrected chi connectivity index (χ0v) is 19.1. The van der Waals surface area contributed by atoms with E-state index in [2.05, 4.69) is 10.6 Å². The Bertz CT molecular complexity index is 1060. The second-order valence-corrected chi connectivity index (χ2v) is 10.0. The smallest absolute Gasteiger partial charge is 0.243 e. The second-order valence-electron chi connectivity index (χ2n) is 7.67. The number of nitrogens with zero attached hydrogens (tertiary/aromatic N) is 1. The number of halogens is 1. The second kappa shape index (κ2) is 9.80. The summed E-state index contributed by atoms with van der Waals surface area (Å²) in [6.07, 6.45) is 0.817. The van der Waals surface area contributed by atoms with Crippen molar-refractivity contribution in [3.8, 4) is 0 Å². The summed E-state index contributed by atoms with van der Waals surface area (Å²) in [5.74, 6) is -0.923. The van der Waals surface area contributed by atoms with Gasteiger partial charge in [0, 0.05) is 29.7 Å². The van der Waals surface area contributed by atoms with Crippen molar-refractivity contribution in [1.29, 1.82) is 0 Å². The summed E-state index contributed by atoms with van der Waals surface area (Å²) in [5, 5.41) is 5.93. The number of sulfonamides is 1. The molecular formula is C22H26ClN3O4S. The van der Waals surface area contributed by atoms with Gasteiger partial charge in [0.15, 0.2) is 0 Å². The van der Waals surface area contributed by atoms with Crippen molar-refractivity contribution >= 4 is 39.1 Å². The van der Waals surface area contributed by atoms with Crippen molar-refractivity contribution < 1.29 is 18.0 Å². The Morgan fingerprint density at radius 2 is 1.71 bits per heavy atom. The van der Waals surface area contributed by atoms with Gasteiger partial charge in [0.1, 0.15) is 0 Å². The Morgan fingerprint density at radius 3 is 2.35 bits per heavy atom. The quantitative estimate of drug-likeness (QED) is 0.688. The van der Waals surface area contributed by atoms with Gasteiger partial charge in [0.25, 0.3) is 0 Å². The average Bonchev–Trinajstić information content (AvgIpc) is 2.75. The first-order valence-corrected chi connectivity index (χ1v) is 11.9. The molecular weight excluding hydrogens is 438 g/mol. The highest BCUT2D eigenvalue weighted by Crippen LogP contribution is 2.25. The van der Waals surface area contributed by atoms with Crippen LogP contribution < -0.4 is 10.6 Å². The highest BCUT2D eigenvalue weighted by atomic mass is 35.5. The molecule has 0 aliphatic carbocycles. The number of aryl methyl sites for hydroxylation is 1. The van der Waals surface area contributed by atoms with E-state index >= 15 is 0 Å². The summed E-state index contributed by atoms with van der Waals surface area (Å²) in [5.41, 5.74) is 2.34. The van der Waals surface area contributed by atoms with Crippen LogP contribution in [0.25, 0.3) is 0 Å². The molecule has 1 aliphatic heterocycles. The normalized spacial score (nSPS) is 15.5. The number of hydrogen-bond acceptors (Lipinski definition) is 4. The third kappa shape index (κ3) is 5.64. The predicted molar refractivity (Wildman–Crippen MR) is 120 cm³/mol. The lowest BCUT2D eigenvalue weighted by atomic mass is 9.97. The van der Waals surface area contributed by atoms with Crippen molar-refractivity contribution in [3.63, 3.8) is 0 Å². The van der Waals surface area contributed by atoms with Gasteiger partial charge in [-0.15, -0.1) is 0 Å². The molecule has 0 spiro atoms. The Labute approximate surface area is 187 Å².